The second kappa shape index (κ2) is 5.37. The molecule has 0 saturated heterocycles. The minimum atomic E-state index is -0.143. The summed E-state index contributed by atoms with van der Waals surface area (Å²) in [6, 6.07) is 5.02. The Bertz CT molecular complexity index is 379. The molecular weight excluding hydrogens is 208 g/mol. The molecule has 1 amide bonds. The fourth-order valence-electron chi connectivity index (χ4n) is 1.35. The van der Waals surface area contributed by atoms with Crippen molar-refractivity contribution in [2.24, 2.45) is 5.73 Å². The molecule has 0 fully saturated rings. The van der Waals surface area contributed by atoms with Gasteiger partial charge in [0.25, 0.3) is 0 Å². The van der Waals surface area contributed by atoms with Gasteiger partial charge in [0.1, 0.15) is 0 Å². The fraction of sp³-hybridized carbons (Fsp3) is 0.364. The molecule has 0 bridgehead atoms. The number of hydrogen-bond donors (Lipinski definition) is 2. The van der Waals surface area contributed by atoms with Crippen molar-refractivity contribution in [1.82, 2.24) is 4.90 Å². The van der Waals surface area contributed by atoms with Gasteiger partial charge < -0.3 is 20.5 Å². The number of hydrogen-bond acceptors (Lipinski definition) is 4. The minimum absolute atomic E-state index is 0.0152. The van der Waals surface area contributed by atoms with Gasteiger partial charge in [0.15, 0.2) is 11.5 Å². The van der Waals surface area contributed by atoms with Crippen LogP contribution in [0, 0.1) is 0 Å². The minimum Gasteiger partial charge on any atom is -0.504 e. The van der Waals surface area contributed by atoms with Crippen molar-refractivity contribution in [3.8, 4) is 11.5 Å². The average molecular weight is 224 g/mol. The molecule has 5 heteroatoms. The number of nitrogens with zero attached hydrogens (tertiary/aromatic N) is 1. The quantitative estimate of drug-likeness (QED) is 0.772. The van der Waals surface area contributed by atoms with Crippen molar-refractivity contribution in [1.29, 1.82) is 0 Å². The molecule has 0 atom stereocenters. The van der Waals surface area contributed by atoms with E-state index in [2.05, 4.69) is 0 Å². The molecule has 1 aromatic rings. The topological polar surface area (TPSA) is 75.8 Å². The van der Waals surface area contributed by atoms with Gasteiger partial charge in [0.2, 0.25) is 5.91 Å². The lowest BCUT2D eigenvalue weighted by Crippen LogP contribution is -2.32. The maximum Gasteiger partial charge on any atom is 0.236 e. The standard InChI is InChI=1S/C11H16N2O3/c1-13(11(15)6-12)7-8-3-4-10(16-2)9(14)5-8/h3-5,14H,6-7,12H2,1-2H3. The Morgan fingerprint density at radius 2 is 2.25 bits per heavy atom. The van der Waals surface area contributed by atoms with E-state index in [1.165, 1.54) is 12.0 Å². The van der Waals surface area contributed by atoms with Crippen LogP contribution in [-0.2, 0) is 11.3 Å². The summed E-state index contributed by atoms with van der Waals surface area (Å²) in [5.74, 6) is 0.334. The molecule has 0 unspecified atom stereocenters. The highest BCUT2D eigenvalue weighted by Gasteiger charge is 2.08. The van der Waals surface area contributed by atoms with Gasteiger partial charge in [-0.2, -0.15) is 0 Å². The summed E-state index contributed by atoms with van der Waals surface area (Å²) in [4.78, 5) is 12.7. The lowest BCUT2D eigenvalue weighted by atomic mass is 10.2. The number of carbonyl (C=O) groups is 1. The Kier molecular flexibility index (Phi) is 4.13. The molecule has 5 nitrogen and oxygen atoms in total. The van der Waals surface area contributed by atoms with Crippen LogP contribution in [0.4, 0.5) is 0 Å². The maximum atomic E-state index is 11.2. The number of likely N-dealkylation sites (N-methyl/N-ethyl adjacent to an activating group) is 1. The van der Waals surface area contributed by atoms with Gasteiger partial charge in [0, 0.05) is 13.6 Å². The predicted octanol–water partition coefficient (Wildman–Crippen LogP) is 0.318. The molecule has 1 rings (SSSR count). The van der Waals surface area contributed by atoms with Gasteiger partial charge >= 0.3 is 0 Å². The zero-order chi connectivity index (χ0) is 12.1. The third kappa shape index (κ3) is 2.87. The Labute approximate surface area is 94.4 Å². The molecule has 0 aliphatic heterocycles. The number of phenolic OH excluding ortho intramolecular Hbond substituents is 1. The van der Waals surface area contributed by atoms with Crippen LogP contribution in [-0.4, -0.2) is 36.6 Å². The van der Waals surface area contributed by atoms with Gasteiger partial charge in [-0.25, -0.2) is 0 Å². The number of benzene rings is 1. The van der Waals surface area contributed by atoms with E-state index in [0.29, 0.717) is 12.3 Å². The Morgan fingerprint density at radius 3 is 2.75 bits per heavy atom. The van der Waals surface area contributed by atoms with Crippen LogP contribution in [0.1, 0.15) is 5.56 Å². The van der Waals surface area contributed by atoms with Crippen LogP contribution >= 0.6 is 0 Å². The number of rotatable bonds is 4. The number of nitrogens with two attached hydrogens (primary N) is 1. The van der Waals surface area contributed by atoms with Gasteiger partial charge in [-0.3, -0.25) is 4.79 Å². The Hall–Kier alpha value is -1.75. The van der Waals surface area contributed by atoms with Crippen LogP contribution < -0.4 is 10.5 Å². The molecular formula is C11H16N2O3. The fourth-order valence-corrected chi connectivity index (χ4v) is 1.35. The van der Waals surface area contributed by atoms with Gasteiger partial charge in [-0.15, -0.1) is 0 Å². The van der Waals surface area contributed by atoms with Crippen molar-refractivity contribution in [3.05, 3.63) is 23.8 Å². The summed E-state index contributed by atoms with van der Waals surface area (Å²) >= 11 is 0. The molecule has 0 radical (unpaired) electrons. The van der Waals surface area contributed by atoms with Crippen LogP contribution in [0.3, 0.4) is 0 Å². The first-order valence-electron chi connectivity index (χ1n) is 4.88. The molecule has 0 spiro atoms. The highest BCUT2D eigenvalue weighted by atomic mass is 16.5. The summed E-state index contributed by atoms with van der Waals surface area (Å²) < 4.78 is 4.92. The second-order valence-corrected chi connectivity index (χ2v) is 3.46. The van der Waals surface area contributed by atoms with E-state index in [0.717, 1.165) is 5.56 Å². The number of ether oxygens (including phenoxy) is 1. The van der Waals surface area contributed by atoms with Crippen LogP contribution in [0.2, 0.25) is 0 Å². The smallest absolute Gasteiger partial charge is 0.236 e. The van der Waals surface area contributed by atoms with Crippen molar-refractivity contribution in [3.63, 3.8) is 0 Å². The van der Waals surface area contributed by atoms with Crippen molar-refractivity contribution >= 4 is 5.91 Å². The molecule has 88 valence electrons. The zero-order valence-corrected chi connectivity index (χ0v) is 9.43. The Morgan fingerprint density at radius 1 is 1.56 bits per heavy atom. The molecule has 0 aliphatic rings. The molecule has 0 heterocycles. The number of phenols is 1. The van der Waals surface area contributed by atoms with Crippen LogP contribution in [0.15, 0.2) is 18.2 Å². The van der Waals surface area contributed by atoms with E-state index in [1.54, 1.807) is 25.2 Å². The van der Waals surface area contributed by atoms with E-state index in [-0.39, 0.29) is 18.2 Å². The predicted molar refractivity (Wildman–Crippen MR) is 60.2 cm³/mol. The summed E-state index contributed by atoms with van der Waals surface area (Å²) in [7, 11) is 3.15. The normalized spacial score (nSPS) is 9.94. The SMILES string of the molecule is COc1ccc(CN(C)C(=O)CN)cc1O. The van der Waals surface area contributed by atoms with Crippen molar-refractivity contribution in [2.45, 2.75) is 6.54 Å². The number of aromatic hydroxyl groups is 1. The van der Waals surface area contributed by atoms with Crippen LogP contribution in [0.25, 0.3) is 0 Å². The molecule has 0 aromatic heterocycles. The van der Waals surface area contributed by atoms with Gasteiger partial charge in [-0.1, -0.05) is 6.07 Å². The lowest BCUT2D eigenvalue weighted by Gasteiger charge is -2.16. The van der Waals surface area contributed by atoms with Crippen molar-refractivity contribution in [2.75, 3.05) is 20.7 Å². The first-order valence-corrected chi connectivity index (χ1v) is 4.88. The number of methoxy groups -OCH3 is 1. The summed E-state index contributed by atoms with van der Waals surface area (Å²) in [6.45, 7) is 0.395. The van der Waals surface area contributed by atoms with Gasteiger partial charge in [0.05, 0.1) is 13.7 Å². The van der Waals surface area contributed by atoms with E-state index in [4.69, 9.17) is 10.5 Å². The molecule has 16 heavy (non-hydrogen) atoms. The molecule has 3 N–H and O–H groups in total. The van der Waals surface area contributed by atoms with Crippen LogP contribution in [0.5, 0.6) is 11.5 Å². The third-order valence-corrected chi connectivity index (χ3v) is 2.26. The largest absolute Gasteiger partial charge is 0.504 e. The highest BCUT2D eigenvalue weighted by Crippen LogP contribution is 2.26. The monoisotopic (exact) mass is 224 g/mol. The number of carbonyl (C=O) groups excluding carboxylic acids is 1. The first-order chi connectivity index (χ1) is 7.58. The summed E-state index contributed by atoms with van der Waals surface area (Å²) in [6.07, 6.45) is 0. The molecule has 0 aliphatic carbocycles. The third-order valence-electron chi connectivity index (χ3n) is 2.26. The van der Waals surface area contributed by atoms with E-state index in [9.17, 15) is 9.90 Å². The molecule has 0 saturated carbocycles. The van der Waals surface area contributed by atoms with Gasteiger partial charge in [-0.05, 0) is 17.7 Å². The highest BCUT2D eigenvalue weighted by molar-refractivity contribution is 5.77. The van der Waals surface area contributed by atoms with E-state index in [1.807, 2.05) is 0 Å². The average Bonchev–Trinajstić information content (AvgIpc) is 2.28. The zero-order valence-electron chi connectivity index (χ0n) is 9.43. The molecule has 1 aromatic carbocycles. The van der Waals surface area contributed by atoms with E-state index >= 15 is 0 Å². The summed E-state index contributed by atoms with van der Waals surface area (Å²) in [5, 5.41) is 9.55. The number of amides is 1. The maximum absolute atomic E-state index is 11.2. The van der Waals surface area contributed by atoms with E-state index < -0.39 is 0 Å². The lowest BCUT2D eigenvalue weighted by molar-refractivity contribution is -0.128. The summed E-state index contributed by atoms with van der Waals surface area (Å²) in [5.41, 5.74) is 6.06. The van der Waals surface area contributed by atoms with Crippen molar-refractivity contribution < 1.29 is 14.6 Å². The second-order valence-electron chi connectivity index (χ2n) is 3.46. The first kappa shape index (κ1) is 12.3. The Balaban J connectivity index is 2.75.